The minimum atomic E-state index is -4.35. The van der Waals surface area contributed by atoms with Crippen LogP contribution in [0.15, 0.2) is 45.3 Å². The van der Waals surface area contributed by atoms with Crippen LogP contribution in [0.25, 0.3) is 0 Å². The normalized spacial score (nSPS) is 15.4. The van der Waals surface area contributed by atoms with Gasteiger partial charge in [-0.3, -0.25) is 9.69 Å². The van der Waals surface area contributed by atoms with Crippen LogP contribution in [-0.2, 0) is 11.0 Å². The second kappa shape index (κ2) is 9.06. The average Bonchev–Trinajstić information content (AvgIpc) is 2.65. The number of piperazine rings is 1. The van der Waals surface area contributed by atoms with Gasteiger partial charge in [-0.05, 0) is 74.7 Å². The molecule has 1 heterocycles. The van der Waals surface area contributed by atoms with E-state index in [2.05, 4.69) is 37.2 Å². The van der Waals surface area contributed by atoms with Crippen molar-refractivity contribution in [3.8, 4) is 0 Å². The van der Waals surface area contributed by atoms with Gasteiger partial charge in [-0.1, -0.05) is 6.07 Å². The summed E-state index contributed by atoms with van der Waals surface area (Å²) >= 11 is 6.92. The van der Waals surface area contributed by atoms with E-state index in [1.807, 2.05) is 28.9 Å². The number of amides is 1. The Hall–Kier alpha value is -1.58. The van der Waals surface area contributed by atoms with Crippen molar-refractivity contribution >= 4 is 49.1 Å². The Bertz CT molecular complexity index is 874. The van der Waals surface area contributed by atoms with E-state index >= 15 is 0 Å². The van der Waals surface area contributed by atoms with Gasteiger partial charge in [-0.2, -0.15) is 13.2 Å². The molecule has 0 spiro atoms. The molecule has 1 amide bonds. The predicted molar refractivity (Wildman–Crippen MR) is 115 cm³/mol. The first-order chi connectivity index (χ1) is 13.6. The Morgan fingerprint density at radius 1 is 1.07 bits per heavy atom. The van der Waals surface area contributed by atoms with Crippen LogP contribution in [0.3, 0.4) is 0 Å². The van der Waals surface area contributed by atoms with Gasteiger partial charge in [0.25, 0.3) is 0 Å². The minimum Gasteiger partial charge on any atom is -0.369 e. The molecule has 1 fully saturated rings. The number of alkyl halides is 3. The zero-order chi connectivity index (χ0) is 21.2. The quantitative estimate of drug-likeness (QED) is 0.578. The molecule has 0 aromatic heterocycles. The number of anilines is 2. The second-order valence-electron chi connectivity index (χ2n) is 6.96. The average molecular weight is 535 g/mol. The van der Waals surface area contributed by atoms with Crippen LogP contribution in [0.4, 0.5) is 24.5 Å². The first-order valence-electron chi connectivity index (χ1n) is 9.03. The molecule has 4 nitrogen and oxygen atoms in total. The SMILES string of the molecule is Cc1cc(Br)c(NC(=O)CN2CCN(c3cccc(C(F)(F)F)c3)CC2)c(Br)c1. The van der Waals surface area contributed by atoms with Gasteiger partial charge in [0, 0.05) is 40.8 Å². The van der Waals surface area contributed by atoms with Gasteiger partial charge < -0.3 is 10.2 Å². The van der Waals surface area contributed by atoms with Gasteiger partial charge in [0.15, 0.2) is 0 Å². The number of hydrogen-bond donors (Lipinski definition) is 1. The summed E-state index contributed by atoms with van der Waals surface area (Å²) in [6.45, 7) is 4.51. The van der Waals surface area contributed by atoms with Crippen molar-refractivity contribution in [3.63, 3.8) is 0 Å². The molecule has 2 aromatic carbocycles. The highest BCUT2D eigenvalue weighted by atomic mass is 79.9. The molecule has 0 unspecified atom stereocenters. The first-order valence-corrected chi connectivity index (χ1v) is 10.6. The molecule has 0 bridgehead atoms. The standard InChI is InChI=1S/C20H20Br2F3N3O/c1-13-9-16(21)19(17(22)10-13)26-18(29)12-27-5-7-28(8-6-27)15-4-2-3-14(11-15)20(23,24)25/h2-4,9-11H,5-8,12H2,1H3,(H,26,29). The maximum absolute atomic E-state index is 12.9. The Morgan fingerprint density at radius 3 is 2.28 bits per heavy atom. The number of hydrogen-bond acceptors (Lipinski definition) is 3. The third kappa shape index (κ3) is 5.73. The third-order valence-electron chi connectivity index (χ3n) is 4.73. The lowest BCUT2D eigenvalue weighted by Gasteiger charge is -2.36. The van der Waals surface area contributed by atoms with Crippen LogP contribution in [0.2, 0.25) is 0 Å². The molecule has 0 aliphatic carbocycles. The van der Waals surface area contributed by atoms with Crippen molar-refractivity contribution in [1.82, 2.24) is 4.90 Å². The molecule has 0 atom stereocenters. The third-order valence-corrected chi connectivity index (χ3v) is 5.98. The van der Waals surface area contributed by atoms with E-state index < -0.39 is 11.7 Å². The molecule has 1 N–H and O–H groups in total. The van der Waals surface area contributed by atoms with Gasteiger partial charge in [0.1, 0.15) is 0 Å². The number of halogens is 5. The highest BCUT2D eigenvalue weighted by Crippen LogP contribution is 2.33. The second-order valence-corrected chi connectivity index (χ2v) is 8.67. The van der Waals surface area contributed by atoms with E-state index in [9.17, 15) is 18.0 Å². The maximum Gasteiger partial charge on any atom is 0.416 e. The Balaban J connectivity index is 1.56. The predicted octanol–water partition coefficient (Wildman–Crippen LogP) is 5.30. The monoisotopic (exact) mass is 533 g/mol. The first kappa shape index (κ1) is 22.1. The van der Waals surface area contributed by atoms with E-state index in [1.165, 1.54) is 12.1 Å². The summed E-state index contributed by atoms with van der Waals surface area (Å²) in [5.41, 5.74) is 1.65. The Morgan fingerprint density at radius 2 is 1.69 bits per heavy atom. The topological polar surface area (TPSA) is 35.6 Å². The summed E-state index contributed by atoms with van der Waals surface area (Å²) in [5, 5.41) is 2.91. The van der Waals surface area contributed by atoms with E-state index in [0.29, 0.717) is 37.6 Å². The van der Waals surface area contributed by atoms with E-state index in [1.54, 1.807) is 6.07 Å². The maximum atomic E-state index is 12.9. The highest BCUT2D eigenvalue weighted by molar-refractivity contribution is 9.11. The fourth-order valence-corrected chi connectivity index (χ4v) is 4.86. The van der Waals surface area contributed by atoms with Crippen LogP contribution >= 0.6 is 31.9 Å². The molecule has 1 aliphatic heterocycles. The van der Waals surface area contributed by atoms with Gasteiger partial charge in [0.2, 0.25) is 5.91 Å². The van der Waals surface area contributed by atoms with Crippen LogP contribution in [0.5, 0.6) is 0 Å². The van der Waals surface area contributed by atoms with Gasteiger partial charge in [-0.25, -0.2) is 0 Å². The fourth-order valence-electron chi connectivity index (χ4n) is 3.24. The lowest BCUT2D eigenvalue weighted by molar-refractivity contribution is -0.137. The van der Waals surface area contributed by atoms with Crippen molar-refractivity contribution in [2.75, 3.05) is 42.9 Å². The van der Waals surface area contributed by atoms with Crippen LogP contribution in [0.1, 0.15) is 11.1 Å². The van der Waals surface area contributed by atoms with Crippen LogP contribution in [-0.4, -0.2) is 43.5 Å². The molecule has 1 aliphatic rings. The molecule has 29 heavy (non-hydrogen) atoms. The summed E-state index contributed by atoms with van der Waals surface area (Å²) in [6, 6.07) is 9.21. The van der Waals surface area contributed by atoms with Crippen molar-refractivity contribution in [2.45, 2.75) is 13.1 Å². The van der Waals surface area contributed by atoms with Crippen molar-refractivity contribution < 1.29 is 18.0 Å². The summed E-state index contributed by atoms with van der Waals surface area (Å²) < 4.78 is 40.4. The largest absolute Gasteiger partial charge is 0.416 e. The molecule has 2 aromatic rings. The number of aryl methyl sites for hydroxylation is 1. The van der Waals surface area contributed by atoms with Gasteiger partial charge in [-0.15, -0.1) is 0 Å². The summed E-state index contributed by atoms with van der Waals surface area (Å²) in [4.78, 5) is 16.4. The minimum absolute atomic E-state index is 0.136. The summed E-state index contributed by atoms with van der Waals surface area (Å²) in [5.74, 6) is -0.136. The van der Waals surface area contributed by atoms with Crippen molar-refractivity contribution in [1.29, 1.82) is 0 Å². The molecule has 3 rings (SSSR count). The van der Waals surface area contributed by atoms with E-state index in [4.69, 9.17) is 0 Å². The Labute approximate surface area is 184 Å². The molecular formula is C20H20Br2F3N3O. The van der Waals surface area contributed by atoms with Crippen molar-refractivity contribution in [3.05, 3.63) is 56.5 Å². The highest BCUT2D eigenvalue weighted by Gasteiger charge is 2.31. The number of rotatable bonds is 4. The van der Waals surface area contributed by atoms with E-state index in [0.717, 1.165) is 20.6 Å². The van der Waals surface area contributed by atoms with Crippen LogP contribution in [0, 0.1) is 6.92 Å². The molecule has 156 valence electrons. The fraction of sp³-hybridized carbons (Fsp3) is 0.350. The number of carbonyl (C=O) groups excluding carboxylic acids is 1. The zero-order valence-corrected chi connectivity index (χ0v) is 18.9. The molecule has 9 heteroatoms. The molecule has 1 saturated heterocycles. The Kier molecular flexibility index (Phi) is 6.90. The summed E-state index contributed by atoms with van der Waals surface area (Å²) in [7, 11) is 0. The lowest BCUT2D eigenvalue weighted by Crippen LogP contribution is -2.48. The van der Waals surface area contributed by atoms with Gasteiger partial charge >= 0.3 is 6.18 Å². The number of benzene rings is 2. The van der Waals surface area contributed by atoms with Gasteiger partial charge in [0.05, 0.1) is 17.8 Å². The number of carbonyl (C=O) groups is 1. The van der Waals surface area contributed by atoms with Crippen molar-refractivity contribution in [2.24, 2.45) is 0 Å². The summed E-state index contributed by atoms with van der Waals surface area (Å²) in [6.07, 6.45) is -4.35. The van der Waals surface area contributed by atoms with E-state index in [-0.39, 0.29) is 12.5 Å². The molecule has 0 saturated carbocycles. The number of nitrogens with one attached hydrogen (secondary N) is 1. The smallest absolute Gasteiger partial charge is 0.369 e. The molecular weight excluding hydrogens is 515 g/mol. The molecule has 0 radical (unpaired) electrons. The van der Waals surface area contributed by atoms with Crippen LogP contribution < -0.4 is 10.2 Å². The number of nitrogens with zero attached hydrogens (tertiary/aromatic N) is 2. The lowest BCUT2D eigenvalue weighted by atomic mass is 10.1. The zero-order valence-electron chi connectivity index (χ0n) is 15.7.